The Morgan fingerprint density at radius 1 is 0.347 bits per heavy atom. The van der Waals surface area contributed by atoms with Crippen LogP contribution in [0.4, 0.5) is 0 Å². The third kappa shape index (κ3) is 54.1. The Morgan fingerprint density at radius 2 is 0.614 bits per heavy atom. The molecule has 0 aliphatic carbocycles. The highest BCUT2D eigenvalue weighted by atomic mass is 16.7. The van der Waals surface area contributed by atoms with Crippen LogP contribution in [0.25, 0.3) is 0 Å². The summed E-state index contributed by atoms with van der Waals surface area (Å²) in [4.78, 5) is 13.4. The van der Waals surface area contributed by atoms with Crippen LogP contribution in [0.3, 0.4) is 0 Å². The number of carbonyl (C=O) groups excluding carboxylic acids is 1. The first-order valence-corrected chi connectivity index (χ1v) is 44.4. The second kappa shape index (κ2) is 71.6. The van der Waals surface area contributed by atoms with Crippen molar-refractivity contribution in [1.82, 2.24) is 5.32 Å². The molecule has 0 aromatic carbocycles. The number of nitrogens with one attached hydrogen (secondary N) is 1. The number of ether oxygens (including phenoxy) is 4. The molecular weight excluding hydrogens is 1270 g/mol. The van der Waals surface area contributed by atoms with Crippen LogP contribution in [-0.4, -0.2) is 140 Å². The van der Waals surface area contributed by atoms with E-state index in [0.29, 0.717) is 0 Å². The monoisotopic (exact) mass is 1440 g/mol. The summed E-state index contributed by atoms with van der Waals surface area (Å²) in [6.45, 7) is 2.89. The van der Waals surface area contributed by atoms with Gasteiger partial charge in [0.05, 0.1) is 32.0 Å². The minimum Gasteiger partial charge on any atom is -0.394 e. The van der Waals surface area contributed by atoms with Gasteiger partial charge in [-0.05, 0) is 19.3 Å². The van der Waals surface area contributed by atoms with E-state index in [1.54, 1.807) is 6.08 Å². The molecule has 2 aliphatic heterocycles. The maximum absolute atomic E-state index is 13.4. The van der Waals surface area contributed by atoms with Crippen LogP contribution >= 0.6 is 0 Å². The zero-order valence-corrected chi connectivity index (χ0v) is 66.2. The van der Waals surface area contributed by atoms with Crippen LogP contribution in [0.5, 0.6) is 0 Å². The van der Waals surface area contributed by atoms with E-state index >= 15 is 0 Å². The van der Waals surface area contributed by atoms with E-state index in [0.717, 1.165) is 44.9 Å². The molecule has 0 aromatic rings. The lowest BCUT2D eigenvalue weighted by atomic mass is 9.97. The second-order valence-electron chi connectivity index (χ2n) is 31.7. The molecule has 0 bridgehead atoms. The number of aliphatic hydroxyl groups is 8. The summed E-state index contributed by atoms with van der Waals surface area (Å²) in [7, 11) is 0. The number of carbonyl (C=O) groups is 1. The lowest BCUT2D eigenvalue weighted by molar-refractivity contribution is -0.359. The van der Waals surface area contributed by atoms with Crippen molar-refractivity contribution in [1.29, 1.82) is 0 Å². The van der Waals surface area contributed by atoms with Gasteiger partial charge >= 0.3 is 0 Å². The zero-order valence-electron chi connectivity index (χ0n) is 66.2. The van der Waals surface area contributed by atoms with Gasteiger partial charge in [-0.2, -0.15) is 0 Å². The van der Waals surface area contributed by atoms with Crippen molar-refractivity contribution >= 4 is 5.91 Å². The standard InChI is InChI=1S/C87H169NO13/c1-3-5-7-9-11-13-15-17-19-21-23-25-27-29-31-33-34-35-36-37-38-39-40-41-43-45-47-49-51-53-55-57-59-61-63-65-67-69-71-79(92)88-75(74-98-86-84(97)82(95)85(78(73-90)100-86)101-87-83(96)81(94)80(93)77(72-89)99-87)76(91)70-68-66-64-62-60-58-56-54-52-50-48-46-44-42-32-30-28-26-24-22-20-18-16-14-12-10-8-6-4-2/h68,70,75-78,80-87,89-91,93-97H,3-67,69,71-74H2,1-2H3,(H,88,92)/b70-68+. The minimum atomic E-state index is -1.79. The Kier molecular flexibility index (Phi) is 68.0. The minimum absolute atomic E-state index is 0.227. The molecule has 2 fully saturated rings. The number of unbranched alkanes of at least 4 members (excludes halogenated alkanes) is 64. The predicted octanol–water partition coefficient (Wildman–Crippen LogP) is 21.2. The number of amides is 1. The summed E-state index contributed by atoms with van der Waals surface area (Å²) in [5.41, 5.74) is 0. The average Bonchev–Trinajstić information content (AvgIpc) is 0.791. The lowest BCUT2D eigenvalue weighted by Crippen LogP contribution is -2.65. The van der Waals surface area contributed by atoms with E-state index < -0.39 is 86.8 Å². The van der Waals surface area contributed by atoms with Gasteiger partial charge < -0.3 is 65.1 Å². The molecule has 0 aromatic heterocycles. The lowest BCUT2D eigenvalue weighted by Gasteiger charge is -2.46. The SMILES string of the molecule is CCCCCCCCCCCCCCCCCCCCCCCCCCCCC/C=C/C(O)C(COC1OC(CO)C(OC2OC(CO)C(O)C(O)C2O)C(O)C1O)NC(=O)CCCCCCCCCCCCCCCCCCCCCCCCCCCCCCCCCCCCCCCC. The van der Waals surface area contributed by atoms with E-state index in [1.807, 2.05) is 6.08 Å². The molecule has 2 heterocycles. The number of rotatable bonds is 77. The maximum Gasteiger partial charge on any atom is 0.220 e. The topological polar surface area (TPSA) is 228 Å². The molecule has 12 unspecified atom stereocenters. The number of aliphatic hydroxyl groups excluding tert-OH is 8. The van der Waals surface area contributed by atoms with Gasteiger partial charge in [-0.25, -0.2) is 0 Å². The molecule has 14 nitrogen and oxygen atoms in total. The largest absolute Gasteiger partial charge is 0.394 e. The third-order valence-electron chi connectivity index (χ3n) is 22.2. The zero-order chi connectivity index (χ0) is 73.0. The molecule has 0 spiro atoms. The summed E-state index contributed by atoms with van der Waals surface area (Å²) >= 11 is 0. The Balaban J connectivity index is 1.56. The molecule has 0 saturated carbocycles. The predicted molar refractivity (Wildman–Crippen MR) is 420 cm³/mol. The van der Waals surface area contributed by atoms with Gasteiger partial charge in [0.1, 0.15) is 48.8 Å². The third-order valence-corrected chi connectivity index (χ3v) is 22.2. The Bertz CT molecular complexity index is 1740. The first kappa shape index (κ1) is 95.8. The first-order valence-electron chi connectivity index (χ1n) is 44.4. The molecular formula is C87H169NO13. The first-order chi connectivity index (χ1) is 49.6. The average molecular weight is 1440 g/mol. The van der Waals surface area contributed by atoms with Crippen molar-refractivity contribution in [3.05, 3.63) is 12.2 Å². The van der Waals surface area contributed by atoms with Crippen molar-refractivity contribution in [3.8, 4) is 0 Å². The molecule has 14 heteroatoms. The van der Waals surface area contributed by atoms with Crippen molar-refractivity contribution < 1.29 is 64.6 Å². The van der Waals surface area contributed by atoms with Crippen LogP contribution in [0, 0.1) is 0 Å². The van der Waals surface area contributed by atoms with Crippen LogP contribution in [0.1, 0.15) is 444 Å². The molecule has 0 radical (unpaired) electrons. The van der Waals surface area contributed by atoms with Gasteiger partial charge in [-0.3, -0.25) is 4.79 Å². The smallest absolute Gasteiger partial charge is 0.220 e. The van der Waals surface area contributed by atoms with Crippen molar-refractivity contribution in [2.45, 2.75) is 518 Å². The van der Waals surface area contributed by atoms with Crippen molar-refractivity contribution in [2.24, 2.45) is 0 Å². The normalized spacial score (nSPS) is 21.7. The summed E-state index contributed by atoms with van der Waals surface area (Å²) in [6.07, 6.45) is 76.2. The quantitative estimate of drug-likeness (QED) is 0.0204. The number of allylic oxidation sites excluding steroid dienone is 1. The number of hydrogen-bond donors (Lipinski definition) is 9. The van der Waals surface area contributed by atoms with E-state index in [9.17, 15) is 45.6 Å². The molecule has 101 heavy (non-hydrogen) atoms. The fraction of sp³-hybridized carbons (Fsp3) is 0.966. The molecule has 600 valence electrons. The molecule has 1 amide bonds. The van der Waals surface area contributed by atoms with Gasteiger partial charge in [-0.1, -0.05) is 431 Å². The number of hydrogen-bond acceptors (Lipinski definition) is 13. The Morgan fingerprint density at radius 3 is 0.911 bits per heavy atom. The van der Waals surface area contributed by atoms with E-state index in [4.69, 9.17) is 18.9 Å². The van der Waals surface area contributed by atoms with Crippen molar-refractivity contribution in [3.63, 3.8) is 0 Å². The Hall–Kier alpha value is -1.27. The van der Waals surface area contributed by atoms with E-state index in [-0.39, 0.29) is 18.9 Å². The van der Waals surface area contributed by atoms with E-state index in [1.165, 1.54) is 379 Å². The van der Waals surface area contributed by atoms with Gasteiger partial charge in [0.25, 0.3) is 0 Å². The molecule has 12 atom stereocenters. The van der Waals surface area contributed by atoms with Gasteiger partial charge in [-0.15, -0.1) is 0 Å². The van der Waals surface area contributed by atoms with Gasteiger partial charge in [0.2, 0.25) is 5.91 Å². The van der Waals surface area contributed by atoms with Crippen LogP contribution < -0.4 is 5.32 Å². The Labute approximate surface area is 622 Å². The van der Waals surface area contributed by atoms with Gasteiger partial charge in [0, 0.05) is 6.42 Å². The van der Waals surface area contributed by atoms with Crippen LogP contribution in [-0.2, 0) is 23.7 Å². The fourth-order valence-corrected chi connectivity index (χ4v) is 15.2. The highest BCUT2D eigenvalue weighted by Gasteiger charge is 2.51. The van der Waals surface area contributed by atoms with Gasteiger partial charge in [0.15, 0.2) is 12.6 Å². The van der Waals surface area contributed by atoms with Crippen LogP contribution in [0.15, 0.2) is 12.2 Å². The highest BCUT2D eigenvalue weighted by molar-refractivity contribution is 5.76. The van der Waals surface area contributed by atoms with Crippen LogP contribution in [0.2, 0.25) is 0 Å². The molecule has 9 N–H and O–H groups in total. The summed E-state index contributed by atoms with van der Waals surface area (Å²) in [6, 6.07) is -0.913. The molecule has 2 aliphatic rings. The highest BCUT2D eigenvalue weighted by Crippen LogP contribution is 2.31. The molecule has 2 saturated heterocycles. The fourth-order valence-electron chi connectivity index (χ4n) is 15.2. The second-order valence-corrected chi connectivity index (χ2v) is 31.7. The summed E-state index contributed by atoms with van der Waals surface area (Å²) < 4.78 is 23.0. The molecule has 2 rings (SSSR count). The summed E-state index contributed by atoms with van der Waals surface area (Å²) in [5, 5.41) is 87.8. The summed E-state index contributed by atoms with van der Waals surface area (Å²) in [5.74, 6) is -0.227. The van der Waals surface area contributed by atoms with E-state index in [2.05, 4.69) is 19.2 Å². The maximum atomic E-state index is 13.4. The van der Waals surface area contributed by atoms with Crippen molar-refractivity contribution in [2.75, 3.05) is 19.8 Å².